The molecular weight excluding hydrogens is 421 g/mol. The lowest BCUT2D eigenvalue weighted by molar-refractivity contribution is 0.125. The molecule has 7 heteroatoms. The molecule has 1 aliphatic heterocycles. The predicted octanol–water partition coefficient (Wildman–Crippen LogP) is 5.37. The second-order valence-corrected chi connectivity index (χ2v) is 8.61. The zero-order valence-electron chi connectivity index (χ0n) is 17.7. The number of nitrogens with one attached hydrogen (secondary N) is 1. The van der Waals surface area contributed by atoms with Gasteiger partial charge in [0.05, 0.1) is 23.2 Å². The van der Waals surface area contributed by atoms with E-state index in [4.69, 9.17) is 27.9 Å². The minimum Gasteiger partial charge on any atom is -0.497 e. The first-order valence-electron chi connectivity index (χ1n) is 10.2. The third-order valence-electron chi connectivity index (χ3n) is 5.66. The maximum Gasteiger partial charge on any atom is 0.318 e. The van der Waals surface area contributed by atoms with Crippen molar-refractivity contribution in [3.8, 4) is 5.75 Å². The van der Waals surface area contributed by atoms with Gasteiger partial charge in [-0.25, -0.2) is 4.79 Å². The smallest absolute Gasteiger partial charge is 0.318 e. The summed E-state index contributed by atoms with van der Waals surface area (Å²) in [7, 11) is 3.77. The number of rotatable bonds is 6. The van der Waals surface area contributed by atoms with E-state index < -0.39 is 0 Å². The number of ether oxygens (including phenoxy) is 1. The fraction of sp³-hybridized carbons (Fsp3) is 0.435. The summed E-state index contributed by atoms with van der Waals surface area (Å²) in [6.45, 7) is 4.39. The maximum absolute atomic E-state index is 13.4. The van der Waals surface area contributed by atoms with E-state index in [1.165, 1.54) is 0 Å². The predicted molar refractivity (Wildman–Crippen MR) is 122 cm³/mol. The number of halogens is 2. The van der Waals surface area contributed by atoms with Gasteiger partial charge in [0.15, 0.2) is 0 Å². The number of carbonyl (C=O) groups is 1. The van der Waals surface area contributed by atoms with Crippen molar-refractivity contribution in [1.29, 1.82) is 0 Å². The standard InChI is InChI=1S/C23H29Cl2N3O2/c1-16(20-8-5-9-21(24)22(20)25)26-23(29)28(18-10-12-27(2)13-11-18)15-17-6-4-7-19(14-17)30-3/h4-9,14,16,18H,10-13,15H2,1-3H3,(H,26,29). The minimum atomic E-state index is -0.261. The number of nitrogens with zero attached hydrogens (tertiary/aromatic N) is 2. The summed E-state index contributed by atoms with van der Waals surface area (Å²) in [4.78, 5) is 17.6. The molecule has 162 valence electrons. The highest BCUT2D eigenvalue weighted by Crippen LogP contribution is 2.30. The quantitative estimate of drug-likeness (QED) is 0.644. The van der Waals surface area contributed by atoms with Crippen molar-refractivity contribution in [2.24, 2.45) is 0 Å². The SMILES string of the molecule is COc1cccc(CN(C(=O)NC(C)c2cccc(Cl)c2Cl)C2CCN(C)CC2)c1. The molecule has 2 aromatic carbocycles. The number of carbonyl (C=O) groups excluding carboxylic acids is 1. The van der Waals surface area contributed by atoms with Gasteiger partial charge in [-0.1, -0.05) is 47.5 Å². The van der Waals surface area contributed by atoms with Gasteiger partial charge in [-0.15, -0.1) is 0 Å². The Morgan fingerprint density at radius 3 is 2.63 bits per heavy atom. The van der Waals surface area contributed by atoms with Gasteiger partial charge in [-0.05, 0) is 69.2 Å². The number of urea groups is 1. The molecule has 1 N–H and O–H groups in total. The minimum absolute atomic E-state index is 0.101. The van der Waals surface area contributed by atoms with Crippen LogP contribution in [0.3, 0.4) is 0 Å². The number of amides is 2. The summed E-state index contributed by atoms with van der Waals surface area (Å²) in [5.74, 6) is 0.787. The van der Waals surface area contributed by atoms with Gasteiger partial charge in [-0.3, -0.25) is 0 Å². The topological polar surface area (TPSA) is 44.8 Å². The van der Waals surface area contributed by atoms with E-state index in [0.29, 0.717) is 16.6 Å². The Labute approximate surface area is 188 Å². The van der Waals surface area contributed by atoms with Crippen LogP contribution in [0.4, 0.5) is 4.79 Å². The van der Waals surface area contributed by atoms with E-state index in [-0.39, 0.29) is 18.1 Å². The Bertz CT molecular complexity index is 869. The van der Waals surface area contributed by atoms with Crippen molar-refractivity contribution < 1.29 is 9.53 Å². The molecule has 0 bridgehead atoms. The zero-order chi connectivity index (χ0) is 21.7. The Morgan fingerprint density at radius 2 is 1.93 bits per heavy atom. The number of benzene rings is 2. The molecule has 1 saturated heterocycles. The van der Waals surface area contributed by atoms with Gasteiger partial charge in [-0.2, -0.15) is 0 Å². The van der Waals surface area contributed by atoms with Crippen LogP contribution in [0.1, 0.15) is 36.9 Å². The van der Waals surface area contributed by atoms with Gasteiger partial charge < -0.3 is 19.9 Å². The summed E-state index contributed by atoms with van der Waals surface area (Å²) in [5.41, 5.74) is 1.85. The molecule has 3 rings (SSSR count). The van der Waals surface area contributed by atoms with E-state index in [0.717, 1.165) is 42.8 Å². The summed E-state index contributed by atoms with van der Waals surface area (Å²) in [6.07, 6.45) is 1.89. The molecule has 1 atom stereocenters. The monoisotopic (exact) mass is 449 g/mol. The number of methoxy groups -OCH3 is 1. The summed E-state index contributed by atoms with van der Waals surface area (Å²) in [5, 5.41) is 4.08. The van der Waals surface area contributed by atoms with Crippen molar-refractivity contribution in [1.82, 2.24) is 15.1 Å². The van der Waals surface area contributed by atoms with Crippen LogP contribution >= 0.6 is 23.2 Å². The van der Waals surface area contributed by atoms with Gasteiger partial charge in [0.25, 0.3) is 0 Å². The van der Waals surface area contributed by atoms with Crippen LogP contribution in [0.25, 0.3) is 0 Å². The average molecular weight is 450 g/mol. The third kappa shape index (κ3) is 5.60. The first-order valence-corrected chi connectivity index (χ1v) is 11.0. The fourth-order valence-electron chi connectivity index (χ4n) is 3.84. The molecule has 1 heterocycles. The van der Waals surface area contributed by atoms with Crippen LogP contribution in [-0.2, 0) is 6.54 Å². The first-order chi connectivity index (χ1) is 14.4. The van der Waals surface area contributed by atoms with Crippen molar-refractivity contribution in [3.63, 3.8) is 0 Å². The van der Waals surface area contributed by atoms with Crippen LogP contribution in [0, 0.1) is 0 Å². The molecule has 0 radical (unpaired) electrons. The molecule has 2 aromatic rings. The lowest BCUT2D eigenvalue weighted by atomic mass is 10.0. The van der Waals surface area contributed by atoms with Crippen LogP contribution in [0.5, 0.6) is 5.75 Å². The molecule has 30 heavy (non-hydrogen) atoms. The molecule has 1 unspecified atom stereocenters. The van der Waals surface area contributed by atoms with E-state index in [2.05, 4.69) is 17.3 Å². The highest BCUT2D eigenvalue weighted by Gasteiger charge is 2.28. The molecule has 1 fully saturated rings. The largest absolute Gasteiger partial charge is 0.497 e. The molecule has 0 spiro atoms. The Morgan fingerprint density at radius 1 is 1.23 bits per heavy atom. The third-order valence-corrected chi connectivity index (χ3v) is 6.50. The summed E-state index contributed by atoms with van der Waals surface area (Å²) >= 11 is 12.5. The maximum atomic E-state index is 13.4. The van der Waals surface area contributed by atoms with E-state index in [1.807, 2.05) is 48.2 Å². The first kappa shape index (κ1) is 22.7. The van der Waals surface area contributed by atoms with Gasteiger partial charge in [0.1, 0.15) is 5.75 Å². The van der Waals surface area contributed by atoms with Gasteiger partial charge in [0, 0.05) is 12.6 Å². The highest BCUT2D eigenvalue weighted by molar-refractivity contribution is 6.42. The lowest BCUT2D eigenvalue weighted by Gasteiger charge is -2.38. The molecular formula is C23H29Cl2N3O2. The van der Waals surface area contributed by atoms with Gasteiger partial charge >= 0.3 is 6.03 Å². The zero-order valence-corrected chi connectivity index (χ0v) is 19.2. The van der Waals surface area contributed by atoms with Crippen molar-refractivity contribution >= 4 is 29.2 Å². The van der Waals surface area contributed by atoms with Crippen LogP contribution in [0.15, 0.2) is 42.5 Å². The molecule has 5 nitrogen and oxygen atoms in total. The van der Waals surface area contributed by atoms with E-state index in [9.17, 15) is 4.79 Å². The Kier molecular flexibility index (Phi) is 7.87. The Balaban J connectivity index is 1.79. The van der Waals surface area contributed by atoms with Crippen LogP contribution in [-0.4, -0.2) is 49.1 Å². The second kappa shape index (κ2) is 10.4. The normalized spacial score (nSPS) is 16.2. The molecule has 0 aliphatic carbocycles. The second-order valence-electron chi connectivity index (χ2n) is 7.83. The molecule has 2 amide bonds. The highest BCUT2D eigenvalue weighted by atomic mass is 35.5. The van der Waals surface area contributed by atoms with Crippen molar-refractivity contribution in [2.75, 3.05) is 27.2 Å². The van der Waals surface area contributed by atoms with Gasteiger partial charge in [0.2, 0.25) is 0 Å². The van der Waals surface area contributed by atoms with Crippen molar-refractivity contribution in [3.05, 3.63) is 63.6 Å². The Hall–Kier alpha value is -1.95. The van der Waals surface area contributed by atoms with E-state index >= 15 is 0 Å². The van der Waals surface area contributed by atoms with Crippen LogP contribution in [0.2, 0.25) is 10.0 Å². The van der Waals surface area contributed by atoms with Crippen molar-refractivity contribution in [2.45, 2.75) is 38.4 Å². The fourth-order valence-corrected chi connectivity index (χ4v) is 4.31. The van der Waals surface area contributed by atoms with E-state index in [1.54, 1.807) is 13.2 Å². The summed E-state index contributed by atoms with van der Waals surface area (Å²) < 4.78 is 5.35. The molecule has 0 aromatic heterocycles. The van der Waals surface area contributed by atoms with Crippen LogP contribution < -0.4 is 10.1 Å². The molecule has 1 aliphatic rings. The number of likely N-dealkylation sites (tertiary alicyclic amines) is 1. The molecule has 0 saturated carbocycles. The summed E-state index contributed by atoms with van der Waals surface area (Å²) in [6, 6.07) is 13.2. The lowest BCUT2D eigenvalue weighted by Crippen LogP contribution is -2.50. The number of hydrogen-bond donors (Lipinski definition) is 1. The number of piperidine rings is 1. The average Bonchev–Trinajstić information content (AvgIpc) is 2.74. The number of hydrogen-bond acceptors (Lipinski definition) is 3.